The van der Waals surface area contributed by atoms with Crippen LogP contribution in [0.5, 0.6) is 0 Å². The molecule has 0 spiro atoms. The van der Waals surface area contributed by atoms with Gasteiger partial charge in [0.1, 0.15) is 0 Å². The molecule has 0 bridgehead atoms. The molecule has 0 heterocycles. The molecule has 0 aromatic heterocycles. The molecule has 0 atom stereocenters. The molecule has 1 fully saturated rings. The van der Waals surface area contributed by atoms with Crippen molar-refractivity contribution in [3.05, 3.63) is 0 Å². The molecule has 0 radical (unpaired) electrons. The number of hydrogen-bond acceptors (Lipinski definition) is 2. The fourth-order valence-corrected chi connectivity index (χ4v) is 2.19. The van der Waals surface area contributed by atoms with Crippen molar-refractivity contribution in [3.63, 3.8) is 0 Å². The molecule has 0 N–H and O–H groups in total. The highest BCUT2D eigenvalue weighted by atomic mass is 16.5. The average Bonchev–Trinajstić information content (AvgIpc) is 2.17. The first-order valence-corrected chi connectivity index (χ1v) is 5.23. The van der Waals surface area contributed by atoms with Crippen molar-refractivity contribution < 1.29 is 9.53 Å². The van der Waals surface area contributed by atoms with Crippen molar-refractivity contribution in [1.29, 1.82) is 0 Å². The Labute approximate surface area is 80.7 Å². The van der Waals surface area contributed by atoms with Crippen LogP contribution in [-0.2, 0) is 9.53 Å². The molecule has 1 saturated carbocycles. The summed E-state index contributed by atoms with van der Waals surface area (Å²) in [6.07, 6.45) is 4.43. The zero-order valence-electron chi connectivity index (χ0n) is 8.88. The fourth-order valence-electron chi connectivity index (χ4n) is 2.19. The molecule has 2 nitrogen and oxygen atoms in total. The van der Waals surface area contributed by atoms with Crippen LogP contribution in [0.3, 0.4) is 0 Å². The molecule has 1 aliphatic rings. The molecule has 0 aliphatic heterocycles. The van der Waals surface area contributed by atoms with Crippen molar-refractivity contribution in [2.75, 3.05) is 7.11 Å². The van der Waals surface area contributed by atoms with Crippen LogP contribution in [0.1, 0.15) is 39.5 Å². The van der Waals surface area contributed by atoms with Crippen LogP contribution in [0.25, 0.3) is 0 Å². The first-order valence-electron chi connectivity index (χ1n) is 5.23. The zero-order chi connectivity index (χ0) is 9.84. The Hall–Kier alpha value is -0.530. The number of carbonyl (C=O) groups is 1. The van der Waals surface area contributed by atoms with E-state index in [0.717, 1.165) is 24.7 Å². The number of ether oxygens (including phenoxy) is 1. The standard InChI is InChI=1S/C11H20O2/c1-8(2)9-4-6-10(7-5-9)11(12)13-3/h8-10H,4-7H2,1-3H3. The second-order valence-electron chi connectivity index (χ2n) is 4.38. The lowest BCUT2D eigenvalue weighted by molar-refractivity contribution is -0.146. The second-order valence-corrected chi connectivity index (χ2v) is 4.38. The lowest BCUT2D eigenvalue weighted by atomic mass is 9.77. The quantitative estimate of drug-likeness (QED) is 0.617. The van der Waals surface area contributed by atoms with Gasteiger partial charge in [-0.2, -0.15) is 0 Å². The van der Waals surface area contributed by atoms with Crippen LogP contribution < -0.4 is 0 Å². The Morgan fingerprint density at radius 1 is 1.23 bits per heavy atom. The number of carbonyl (C=O) groups excluding carboxylic acids is 1. The topological polar surface area (TPSA) is 26.3 Å². The van der Waals surface area contributed by atoms with E-state index in [9.17, 15) is 4.79 Å². The van der Waals surface area contributed by atoms with Gasteiger partial charge in [-0.3, -0.25) is 4.79 Å². The molecular formula is C11H20O2. The van der Waals surface area contributed by atoms with Gasteiger partial charge < -0.3 is 4.74 Å². The smallest absolute Gasteiger partial charge is 0.308 e. The number of methoxy groups -OCH3 is 1. The largest absolute Gasteiger partial charge is 0.469 e. The number of rotatable bonds is 2. The Morgan fingerprint density at radius 3 is 2.15 bits per heavy atom. The highest BCUT2D eigenvalue weighted by molar-refractivity contribution is 5.72. The predicted octanol–water partition coefficient (Wildman–Crippen LogP) is 2.62. The summed E-state index contributed by atoms with van der Waals surface area (Å²) in [5.74, 6) is 1.75. The van der Waals surface area contributed by atoms with Gasteiger partial charge in [-0.25, -0.2) is 0 Å². The maximum atomic E-state index is 11.2. The van der Waals surface area contributed by atoms with E-state index >= 15 is 0 Å². The molecule has 0 saturated heterocycles. The third-order valence-electron chi connectivity index (χ3n) is 3.25. The predicted molar refractivity (Wildman–Crippen MR) is 52.3 cm³/mol. The minimum Gasteiger partial charge on any atom is -0.469 e. The summed E-state index contributed by atoms with van der Waals surface area (Å²) in [4.78, 5) is 11.2. The molecular weight excluding hydrogens is 164 g/mol. The highest BCUT2D eigenvalue weighted by Crippen LogP contribution is 2.33. The zero-order valence-corrected chi connectivity index (χ0v) is 8.88. The summed E-state index contributed by atoms with van der Waals surface area (Å²) in [7, 11) is 1.48. The number of esters is 1. The van der Waals surface area contributed by atoms with E-state index in [1.807, 2.05) is 0 Å². The van der Waals surface area contributed by atoms with E-state index in [4.69, 9.17) is 4.74 Å². The normalized spacial score (nSPS) is 28.9. The molecule has 2 heteroatoms. The van der Waals surface area contributed by atoms with Crippen LogP contribution in [0, 0.1) is 17.8 Å². The van der Waals surface area contributed by atoms with Crippen molar-refractivity contribution in [2.45, 2.75) is 39.5 Å². The van der Waals surface area contributed by atoms with Gasteiger partial charge in [0, 0.05) is 0 Å². The van der Waals surface area contributed by atoms with Gasteiger partial charge in [-0.15, -0.1) is 0 Å². The summed E-state index contributed by atoms with van der Waals surface area (Å²) in [5.41, 5.74) is 0. The average molecular weight is 184 g/mol. The molecule has 0 aromatic rings. The Bertz CT molecular complexity index is 167. The Balaban J connectivity index is 2.34. The van der Waals surface area contributed by atoms with Gasteiger partial charge in [0.05, 0.1) is 13.0 Å². The van der Waals surface area contributed by atoms with Gasteiger partial charge in [-0.1, -0.05) is 13.8 Å². The molecule has 13 heavy (non-hydrogen) atoms. The first kappa shape index (κ1) is 10.6. The second kappa shape index (κ2) is 4.64. The summed E-state index contributed by atoms with van der Waals surface area (Å²) in [6, 6.07) is 0. The summed E-state index contributed by atoms with van der Waals surface area (Å²) >= 11 is 0. The van der Waals surface area contributed by atoms with Gasteiger partial charge in [0.2, 0.25) is 0 Å². The van der Waals surface area contributed by atoms with Crippen LogP contribution in [0.15, 0.2) is 0 Å². The lowest BCUT2D eigenvalue weighted by Crippen LogP contribution is -2.24. The third kappa shape index (κ3) is 2.71. The van der Waals surface area contributed by atoms with Crippen molar-refractivity contribution >= 4 is 5.97 Å². The van der Waals surface area contributed by atoms with Gasteiger partial charge in [0.25, 0.3) is 0 Å². The van der Waals surface area contributed by atoms with Crippen molar-refractivity contribution in [2.24, 2.45) is 17.8 Å². The van der Waals surface area contributed by atoms with Crippen LogP contribution >= 0.6 is 0 Å². The minimum atomic E-state index is -0.0118. The van der Waals surface area contributed by atoms with E-state index in [1.165, 1.54) is 20.0 Å². The summed E-state index contributed by atoms with van der Waals surface area (Å²) in [6.45, 7) is 4.53. The molecule has 0 amide bonds. The highest BCUT2D eigenvalue weighted by Gasteiger charge is 2.27. The summed E-state index contributed by atoms with van der Waals surface area (Å²) in [5, 5.41) is 0. The van der Waals surface area contributed by atoms with Crippen LogP contribution in [0.4, 0.5) is 0 Å². The SMILES string of the molecule is COC(=O)C1CCC(C(C)C)CC1. The molecule has 0 unspecified atom stereocenters. The first-order chi connectivity index (χ1) is 6.15. The van der Waals surface area contributed by atoms with Gasteiger partial charge >= 0.3 is 5.97 Å². The molecule has 0 aromatic carbocycles. The molecule has 76 valence electrons. The maximum Gasteiger partial charge on any atom is 0.308 e. The van der Waals surface area contributed by atoms with E-state index in [-0.39, 0.29) is 11.9 Å². The van der Waals surface area contributed by atoms with E-state index in [2.05, 4.69) is 13.8 Å². The number of hydrogen-bond donors (Lipinski definition) is 0. The molecule has 1 aliphatic carbocycles. The van der Waals surface area contributed by atoms with E-state index < -0.39 is 0 Å². The monoisotopic (exact) mass is 184 g/mol. The lowest BCUT2D eigenvalue weighted by Gasteiger charge is -2.29. The van der Waals surface area contributed by atoms with Crippen molar-refractivity contribution in [3.8, 4) is 0 Å². The van der Waals surface area contributed by atoms with Gasteiger partial charge in [0.15, 0.2) is 0 Å². The summed E-state index contributed by atoms with van der Waals surface area (Å²) < 4.78 is 4.75. The Kier molecular flexibility index (Phi) is 3.76. The van der Waals surface area contributed by atoms with Gasteiger partial charge in [-0.05, 0) is 37.5 Å². The minimum absolute atomic E-state index is 0.0118. The van der Waals surface area contributed by atoms with Crippen LogP contribution in [-0.4, -0.2) is 13.1 Å². The molecule has 1 rings (SSSR count). The van der Waals surface area contributed by atoms with E-state index in [0.29, 0.717) is 0 Å². The Morgan fingerprint density at radius 2 is 1.77 bits per heavy atom. The van der Waals surface area contributed by atoms with Crippen molar-refractivity contribution in [1.82, 2.24) is 0 Å². The maximum absolute atomic E-state index is 11.2. The third-order valence-corrected chi connectivity index (χ3v) is 3.25. The van der Waals surface area contributed by atoms with Crippen LogP contribution in [0.2, 0.25) is 0 Å². The fraction of sp³-hybridized carbons (Fsp3) is 0.909. The van der Waals surface area contributed by atoms with E-state index in [1.54, 1.807) is 0 Å².